The third kappa shape index (κ3) is 2.94. The van der Waals surface area contributed by atoms with Gasteiger partial charge in [0.05, 0.1) is 29.1 Å². The summed E-state index contributed by atoms with van der Waals surface area (Å²) in [4.78, 5) is 25.8. The molecular weight excluding hydrogens is 236 g/mol. The first-order valence-electron chi connectivity index (χ1n) is 5.13. The first-order valence-corrected chi connectivity index (χ1v) is 5.13. The van der Waals surface area contributed by atoms with Gasteiger partial charge in [-0.1, -0.05) is 0 Å². The lowest BCUT2D eigenvalue weighted by Crippen LogP contribution is -2.05. The van der Waals surface area contributed by atoms with Crippen LogP contribution in [-0.4, -0.2) is 24.9 Å². The number of nitro groups is 1. The molecule has 92 valence electrons. The van der Waals surface area contributed by atoms with E-state index < -0.39 is 4.92 Å². The van der Waals surface area contributed by atoms with Gasteiger partial charge in [-0.25, -0.2) is 9.97 Å². The van der Waals surface area contributed by atoms with E-state index in [2.05, 4.69) is 25.3 Å². The van der Waals surface area contributed by atoms with Crippen LogP contribution in [0.1, 0.15) is 11.4 Å². The molecule has 0 aromatic carbocycles. The van der Waals surface area contributed by atoms with E-state index in [1.54, 1.807) is 12.4 Å². The van der Waals surface area contributed by atoms with Crippen molar-refractivity contribution < 1.29 is 4.92 Å². The van der Waals surface area contributed by atoms with Crippen molar-refractivity contribution in [3.8, 4) is 0 Å². The lowest BCUT2D eigenvalue weighted by molar-refractivity contribution is -0.385. The summed E-state index contributed by atoms with van der Waals surface area (Å²) in [6.45, 7) is 2.26. The molecule has 0 spiro atoms. The molecular formula is C10H10N6O2. The van der Waals surface area contributed by atoms with Crippen LogP contribution in [0.2, 0.25) is 0 Å². The van der Waals surface area contributed by atoms with Crippen LogP contribution in [0.25, 0.3) is 0 Å². The quantitative estimate of drug-likeness (QED) is 0.635. The van der Waals surface area contributed by atoms with Crippen LogP contribution in [0.3, 0.4) is 0 Å². The van der Waals surface area contributed by atoms with Crippen LogP contribution in [-0.2, 0) is 6.54 Å². The first kappa shape index (κ1) is 11.8. The maximum Gasteiger partial charge on any atom is 0.305 e. The van der Waals surface area contributed by atoms with Gasteiger partial charge in [-0.15, -0.1) is 0 Å². The second kappa shape index (κ2) is 5.13. The minimum Gasteiger partial charge on any atom is -0.349 e. The van der Waals surface area contributed by atoms with Crippen molar-refractivity contribution in [1.82, 2.24) is 19.9 Å². The van der Waals surface area contributed by atoms with Crippen LogP contribution in [0.5, 0.6) is 0 Å². The van der Waals surface area contributed by atoms with E-state index in [4.69, 9.17) is 0 Å². The summed E-state index contributed by atoms with van der Waals surface area (Å²) in [6, 6.07) is 0. The molecule has 0 aliphatic rings. The van der Waals surface area contributed by atoms with E-state index in [1.807, 2.05) is 6.92 Å². The molecule has 18 heavy (non-hydrogen) atoms. The number of nitrogens with zero attached hydrogens (tertiary/aromatic N) is 5. The molecule has 0 saturated heterocycles. The molecule has 0 atom stereocenters. The van der Waals surface area contributed by atoms with Crippen LogP contribution in [0.15, 0.2) is 24.8 Å². The number of hydrogen-bond donors (Lipinski definition) is 1. The van der Waals surface area contributed by atoms with Crippen molar-refractivity contribution in [2.24, 2.45) is 0 Å². The lowest BCUT2D eigenvalue weighted by Gasteiger charge is -2.03. The highest BCUT2D eigenvalue weighted by atomic mass is 16.6. The summed E-state index contributed by atoms with van der Waals surface area (Å²) in [7, 11) is 0. The summed E-state index contributed by atoms with van der Waals surface area (Å²) < 4.78 is 0. The van der Waals surface area contributed by atoms with Gasteiger partial charge >= 0.3 is 5.69 Å². The standard InChI is InChI=1S/C10H10N6O2/c1-7-2-12-8(3-11-7)4-13-10-14-5-9(6-15-10)16(17)18/h2-3,5-6H,4H2,1H3,(H,13,14,15). The normalized spacial score (nSPS) is 10.1. The maximum atomic E-state index is 10.4. The van der Waals surface area contributed by atoms with E-state index in [9.17, 15) is 10.1 Å². The molecule has 2 rings (SSSR count). The van der Waals surface area contributed by atoms with E-state index in [0.29, 0.717) is 12.5 Å². The Morgan fingerprint density at radius 1 is 1.17 bits per heavy atom. The third-order valence-corrected chi connectivity index (χ3v) is 2.11. The molecule has 0 saturated carbocycles. The zero-order chi connectivity index (χ0) is 13.0. The van der Waals surface area contributed by atoms with Crippen molar-refractivity contribution in [2.75, 3.05) is 5.32 Å². The maximum absolute atomic E-state index is 10.4. The fourth-order valence-electron chi connectivity index (χ4n) is 1.19. The molecule has 1 N–H and O–H groups in total. The molecule has 2 heterocycles. The Hall–Kier alpha value is -2.64. The number of hydrogen-bond acceptors (Lipinski definition) is 7. The van der Waals surface area contributed by atoms with Gasteiger partial charge in [-0.3, -0.25) is 20.1 Å². The summed E-state index contributed by atoms with van der Waals surface area (Å²) in [5, 5.41) is 13.3. The minimum absolute atomic E-state index is 0.143. The van der Waals surface area contributed by atoms with E-state index in [1.165, 1.54) is 0 Å². The third-order valence-electron chi connectivity index (χ3n) is 2.11. The van der Waals surface area contributed by atoms with E-state index in [-0.39, 0.29) is 5.69 Å². The van der Waals surface area contributed by atoms with Crippen LogP contribution < -0.4 is 5.32 Å². The predicted molar refractivity (Wildman–Crippen MR) is 62.8 cm³/mol. The van der Waals surface area contributed by atoms with Crippen molar-refractivity contribution >= 4 is 11.6 Å². The molecule has 8 heteroatoms. The smallest absolute Gasteiger partial charge is 0.305 e. The topological polar surface area (TPSA) is 107 Å². The highest BCUT2D eigenvalue weighted by Crippen LogP contribution is 2.08. The second-order valence-corrected chi connectivity index (χ2v) is 3.52. The van der Waals surface area contributed by atoms with Gasteiger partial charge in [0.15, 0.2) is 0 Å². The molecule has 0 unspecified atom stereocenters. The van der Waals surface area contributed by atoms with Crippen molar-refractivity contribution in [3.63, 3.8) is 0 Å². The zero-order valence-electron chi connectivity index (χ0n) is 9.57. The molecule has 0 aliphatic heterocycles. The van der Waals surface area contributed by atoms with Gasteiger partial charge in [0.2, 0.25) is 5.95 Å². The average molecular weight is 246 g/mol. The van der Waals surface area contributed by atoms with Crippen LogP contribution in [0.4, 0.5) is 11.6 Å². The summed E-state index contributed by atoms with van der Waals surface area (Å²) in [6.07, 6.45) is 5.60. The zero-order valence-corrected chi connectivity index (χ0v) is 9.57. The second-order valence-electron chi connectivity index (χ2n) is 3.52. The molecule has 2 aromatic heterocycles. The van der Waals surface area contributed by atoms with Gasteiger partial charge in [0, 0.05) is 6.20 Å². The Morgan fingerprint density at radius 3 is 2.44 bits per heavy atom. The predicted octanol–water partition coefficient (Wildman–Crippen LogP) is 1.10. The average Bonchev–Trinajstić information content (AvgIpc) is 2.38. The van der Waals surface area contributed by atoms with E-state index in [0.717, 1.165) is 23.8 Å². The molecule has 8 nitrogen and oxygen atoms in total. The number of nitrogens with one attached hydrogen (secondary N) is 1. The van der Waals surface area contributed by atoms with Crippen molar-refractivity contribution in [2.45, 2.75) is 13.5 Å². The fourth-order valence-corrected chi connectivity index (χ4v) is 1.19. The summed E-state index contributed by atoms with van der Waals surface area (Å²) in [5.41, 5.74) is 1.43. The Balaban J connectivity index is 1.97. The van der Waals surface area contributed by atoms with Gasteiger partial charge < -0.3 is 5.32 Å². The highest BCUT2D eigenvalue weighted by molar-refractivity contribution is 5.30. The summed E-state index contributed by atoms with van der Waals surface area (Å²) >= 11 is 0. The Labute approximate surface area is 102 Å². The monoisotopic (exact) mass is 246 g/mol. The highest BCUT2D eigenvalue weighted by Gasteiger charge is 2.06. The molecule has 0 aliphatic carbocycles. The van der Waals surface area contributed by atoms with Crippen molar-refractivity contribution in [3.05, 3.63) is 46.3 Å². The number of aryl methyl sites for hydroxylation is 1. The number of anilines is 1. The molecule has 0 fully saturated rings. The van der Waals surface area contributed by atoms with E-state index >= 15 is 0 Å². The minimum atomic E-state index is -0.546. The number of rotatable bonds is 4. The van der Waals surface area contributed by atoms with Crippen LogP contribution >= 0.6 is 0 Å². The van der Waals surface area contributed by atoms with Crippen LogP contribution in [0, 0.1) is 17.0 Å². The lowest BCUT2D eigenvalue weighted by atomic mass is 10.4. The first-order chi connectivity index (χ1) is 8.65. The Kier molecular flexibility index (Phi) is 3.37. The molecule has 0 amide bonds. The van der Waals surface area contributed by atoms with Gasteiger partial charge in [0.1, 0.15) is 12.4 Å². The number of aromatic nitrogens is 4. The van der Waals surface area contributed by atoms with Crippen molar-refractivity contribution in [1.29, 1.82) is 0 Å². The summed E-state index contributed by atoms with van der Waals surface area (Å²) in [5.74, 6) is 0.308. The Bertz CT molecular complexity index is 539. The van der Waals surface area contributed by atoms with Gasteiger partial charge in [-0.05, 0) is 6.92 Å². The molecule has 0 radical (unpaired) electrons. The Morgan fingerprint density at radius 2 is 1.89 bits per heavy atom. The molecule has 0 bridgehead atoms. The SMILES string of the molecule is Cc1cnc(CNc2ncc([N+](=O)[O-])cn2)cn1. The van der Waals surface area contributed by atoms with Gasteiger partial charge in [-0.2, -0.15) is 0 Å². The fraction of sp³-hybridized carbons (Fsp3) is 0.200. The largest absolute Gasteiger partial charge is 0.349 e. The molecule has 2 aromatic rings. The van der Waals surface area contributed by atoms with Gasteiger partial charge in [0.25, 0.3) is 0 Å².